The van der Waals surface area contributed by atoms with Crippen molar-refractivity contribution in [2.75, 3.05) is 5.32 Å². The maximum Gasteiger partial charge on any atom is 0.245 e. The Morgan fingerprint density at radius 2 is 1.90 bits per heavy atom. The van der Waals surface area contributed by atoms with E-state index < -0.39 is 6.04 Å². The van der Waals surface area contributed by atoms with Gasteiger partial charge in [-0.1, -0.05) is 29.8 Å². The third kappa shape index (κ3) is 3.43. The molecule has 5 heteroatoms. The van der Waals surface area contributed by atoms with Gasteiger partial charge in [-0.25, -0.2) is 4.39 Å². The zero-order valence-corrected chi connectivity index (χ0v) is 12.4. The van der Waals surface area contributed by atoms with Crippen LogP contribution in [0.4, 0.5) is 10.1 Å². The van der Waals surface area contributed by atoms with E-state index in [-0.39, 0.29) is 11.7 Å². The van der Waals surface area contributed by atoms with Crippen molar-refractivity contribution >= 4 is 27.5 Å². The molecule has 2 aromatic rings. The fourth-order valence-electron chi connectivity index (χ4n) is 1.72. The lowest BCUT2D eigenvalue weighted by Crippen LogP contribution is -2.27. The second-order valence-electron chi connectivity index (χ2n) is 4.51. The molecule has 0 aromatic heterocycles. The highest BCUT2D eigenvalue weighted by molar-refractivity contribution is 9.10. The Hall–Kier alpha value is -1.72. The molecule has 1 amide bonds. The van der Waals surface area contributed by atoms with E-state index in [4.69, 9.17) is 5.73 Å². The van der Waals surface area contributed by atoms with E-state index in [9.17, 15) is 9.18 Å². The van der Waals surface area contributed by atoms with Gasteiger partial charge < -0.3 is 11.1 Å². The first kappa shape index (κ1) is 14.7. The van der Waals surface area contributed by atoms with Crippen LogP contribution in [0.2, 0.25) is 0 Å². The quantitative estimate of drug-likeness (QED) is 0.900. The molecular formula is C15H14BrFN2O. The Kier molecular flexibility index (Phi) is 4.52. The summed E-state index contributed by atoms with van der Waals surface area (Å²) in [6.07, 6.45) is 0. The molecule has 20 heavy (non-hydrogen) atoms. The number of amides is 1. The monoisotopic (exact) mass is 336 g/mol. The molecular weight excluding hydrogens is 323 g/mol. The molecule has 0 heterocycles. The van der Waals surface area contributed by atoms with Crippen molar-refractivity contribution in [1.29, 1.82) is 0 Å². The smallest absolute Gasteiger partial charge is 0.245 e. The predicted octanol–water partition coefficient (Wildman–Crippen LogP) is 3.54. The standard InChI is InChI=1S/C15H14BrFN2O/c1-9-2-4-10(5-3-9)14(18)15(20)19-11-6-7-13(17)12(16)8-11/h2-8,14H,18H2,1H3,(H,19,20). The summed E-state index contributed by atoms with van der Waals surface area (Å²) in [5.41, 5.74) is 8.23. The molecule has 0 radical (unpaired) electrons. The minimum Gasteiger partial charge on any atom is -0.324 e. The van der Waals surface area contributed by atoms with Crippen molar-refractivity contribution in [3.63, 3.8) is 0 Å². The number of anilines is 1. The van der Waals surface area contributed by atoms with Crippen LogP contribution in [0.1, 0.15) is 17.2 Å². The maximum atomic E-state index is 13.1. The fourth-order valence-corrected chi connectivity index (χ4v) is 2.10. The first-order valence-electron chi connectivity index (χ1n) is 6.05. The minimum atomic E-state index is -0.764. The number of benzene rings is 2. The second-order valence-corrected chi connectivity index (χ2v) is 5.36. The molecule has 0 fully saturated rings. The summed E-state index contributed by atoms with van der Waals surface area (Å²) >= 11 is 3.07. The topological polar surface area (TPSA) is 55.1 Å². The van der Waals surface area contributed by atoms with E-state index in [1.165, 1.54) is 18.2 Å². The van der Waals surface area contributed by atoms with E-state index >= 15 is 0 Å². The number of nitrogens with two attached hydrogens (primary N) is 1. The highest BCUT2D eigenvalue weighted by Gasteiger charge is 2.16. The van der Waals surface area contributed by atoms with Gasteiger partial charge in [-0.15, -0.1) is 0 Å². The van der Waals surface area contributed by atoms with Crippen LogP contribution in [0.3, 0.4) is 0 Å². The number of aryl methyl sites for hydroxylation is 1. The van der Waals surface area contributed by atoms with Crippen LogP contribution in [0, 0.1) is 12.7 Å². The molecule has 104 valence electrons. The van der Waals surface area contributed by atoms with Crippen LogP contribution >= 0.6 is 15.9 Å². The Balaban J connectivity index is 2.11. The third-order valence-electron chi connectivity index (χ3n) is 2.91. The Morgan fingerprint density at radius 3 is 2.50 bits per heavy atom. The molecule has 0 aliphatic rings. The number of carbonyl (C=O) groups is 1. The van der Waals surface area contributed by atoms with Gasteiger partial charge in [-0.3, -0.25) is 4.79 Å². The molecule has 1 atom stereocenters. The average Bonchev–Trinajstić information content (AvgIpc) is 2.43. The molecule has 0 aliphatic carbocycles. The van der Waals surface area contributed by atoms with Gasteiger partial charge in [0.1, 0.15) is 11.9 Å². The summed E-state index contributed by atoms with van der Waals surface area (Å²) in [6.45, 7) is 1.96. The summed E-state index contributed by atoms with van der Waals surface area (Å²) in [5.74, 6) is -0.724. The lowest BCUT2D eigenvalue weighted by Gasteiger charge is -2.13. The Labute approximate surface area is 125 Å². The molecule has 0 saturated heterocycles. The van der Waals surface area contributed by atoms with E-state index in [2.05, 4.69) is 21.2 Å². The highest BCUT2D eigenvalue weighted by Crippen LogP contribution is 2.21. The van der Waals surface area contributed by atoms with Gasteiger partial charge in [0.15, 0.2) is 0 Å². The van der Waals surface area contributed by atoms with Gasteiger partial charge in [0, 0.05) is 5.69 Å². The zero-order valence-electron chi connectivity index (χ0n) is 10.9. The minimum absolute atomic E-state index is 0.291. The van der Waals surface area contributed by atoms with Crippen molar-refractivity contribution in [2.45, 2.75) is 13.0 Å². The highest BCUT2D eigenvalue weighted by atomic mass is 79.9. The number of hydrogen-bond donors (Lipinski definition) is 2. The number of halogens is 2. The normalized spacial score (nSPS) is 12.0. The predicted molar refractivity (Wildman–Crippen MR) is 80.8 cm³/mol. The van der Waals surface area contributed by atoms with Crippen molar-refractivity contribution in [2.24, 2.45) is 5.73 Å². The SMILES string of the molecule is Cc1ccc(C(N)C(=O)Nc2ccc(F)c(Br)c2)cc1. The molecule has 3 nitrogen and oxygen atoms in total. The molecule has 0 saturated carbocycles. The van der Waals surface area contributed by atoms with E-state index in [1.807, 2.05) is 31.2 Å². The molecule has 2 aromatic carbocycles. The Bertz CT molecular complexity index is 628. The van der Waals surface area contributed by atoms with Crippen molar-refractivity contribution in [3.8, 4) is 0 Å². The summed E-state index contributed by atoms with van der Waals surface area (Å²) in [7, 11) is 0. The fraction of sp³-hybridized carbons (Fsp3) is 0.133. The second kappa shape index (κ2) is 6.15. The van der Waals surface area contributed by atoms with Crippen molar-refractivity contribution in [1.82, 2.24) is 0 Å². The molecule has 2 rings (SSSR count). The molecule has 1 unspecified atom stereocenters. The number of rotatable bonds is 3. The largest absolute Gasteiger partial charge is 0.324 e. The summed E-state index contributed by atoms with van der Waals surface area (Å²) in [5, 5.41) is 2.66. The number of hydrogen-bond acceptors (Lipinski definition) is 2. The number of nitrogens with one attached hydrogen (secondary N) is 1. The van der Waals surface area contributed by atoms with Crippen LogP contribution in [0.25, 0.3) is 0 Å². The van der Waals surface area contributed by atoms with Crippen molar-refractivity contribution in [3.05, 3.63) is 63.9 Å². The van der Waals surface area contributed by atoms with Crippen LogP contribution in [0.5, 0.6) is 0 Å². The molecule has 3 N–H and O–H groups in total. The Morgan fingerprint density at radius 1 is 1.25 bits per heavy atom. The van der Waals surface area contributed by atoms with Gasteiger partial charge in [-0.2, -0.15) is 0 Å². The third-order valence-corrected chi connectivity index (χ3v) is 3.51. The van der Waals surface area contributed by atoms with Gasteiger partial charge in [0.05, 0.1) is 4.47 Å². The zero-order chi connectivity index (χ0) is 14.7. The average molecular weight is 337 g/mol. The van der Waals surface area contributed by atoms with Crippen LogP contribution in [0.15, 0.2) is 46.9 Å². The van der Waals surface area contributed by atoms with Gasteiger partial charge in [0.2, 0.25) is 5.91 Å². The lowest BCUT2D eigenvalue weighted by atomic mass is 10.1. The summed E-state index contributed by atoms with van der Waals surface area (Å²) in [6, 6.07) is 10.9. The van der Waals surface area contributed by atoms with Gasteiger partial charge in [-0.05, 0) is 46.6 Å². The molecule has 0 aliphatic heterocycles. The van der Waals surface area contributed by atoms with Gasteiger partial charge >= 0.3 is 0 Å². The van der Waals surface area contributed by atoms with E-state index in [1.54, 1.807) is 0 Å². The maximum absolute atomic E-state index is 13.1. The van der Waals surface area contributed by atoms with Crippen LogP contribution in [-0.4, -0.2) is 5.91 Å². The van der Waals surface area contributed by atoms with Crippen LogP contribution < -0.4 is 11.1 Å². The van der Waals surface area contributed by atoms with Crippen LogP contribution in [-0.2, 0) is 4.79 Å². The summed E-state index contributed by atoms with van der Waals surface area (Å²) in [4.78, 5) is 12.0. The summed E-state index contributed by atoms with van der Waals surface area (Å²) < 4.78 is 13.4. The van der Waals surface area contributed by atoms with E-state index in [0.717, 1.165) is 11.1 Å². The molecule has 0 spiro atoms. The first-order chi connectivity index (χ1) is 9.47. The van der Waals surface area contributed by atoms with Crippen molar-refractivity contribution < 1.29 is 9.18 Å². The molecule has 0 bridgehead atoms. The van der Waals surface area contributed by atoms with Gasteiger partial charge in [0.25, 0.3) is 0 Å². The lowest BCUT2D eigenvalue weighted by molar-refractivity contribution is -0.117. The number of carbonyl (C=O) groups excluding carboxylic acids is 1. The van der Waals surface area contributed by atoms with E-state index in [0.29, 0.717) is 10.2 Å². The first-order valence-corrected chi connectivity index (χ1v) is 6.85.